The standard InChI is InChI=1S/C20H16N2O2/c1-3-7-13-11(5-1)9-15-17(13)21-19(23-15)20-22-18-14-8-4-2-6-12(14)10-16(18)24-20/h1-8,15-18H,9-10H2. The summed E-state index contributed by atoms with van der Waals surface area (Å²) in [5.41, 5.74) is 5.24. The van der Waals surface area contributed by atoms with Gasteiger partial charge in [0.2, 0.25) is 0 Å². The Kier molecular flexibility index (Phi) is 2.38. The maximum Gasteiger partial charge on any atom is 0.274 e. The van der Waals surface area contributed by atoms with Crippen molar-refractivity contribution in [3.05, 3.63) is 70.8 Å². The number of rotatable bonds is 1. The molecule has 2 aromatic carbocycles. The van der Waals surface area contributed by atoms with E-state index in [-0.39, 0.29) is 24.3 Å². The molecular weight excluding hydrogens is 300 g/mol. The fourth-order valence-electron chi connectivity index (χ4n) is 4.40. The van der Waals surface area contributed by atoms with Crippen molar-refractivity contribution >= 4 is 11.8 Å². The van der Waals surface area contributed by atoms with E-state index >= 15 is 0 Å². The molecule has 4 aliphatic rings. The summed E-state index contributed by atoms with van der Waals surface area (Å²) < 4.78 is 12.2. The van der Waals surface area contributed by atoms with Crippen LogP contribution in [0, 0.1) is 0 Å². The second-order valence-corrected chi connectivity index (χ2v) is 6.88. The molecule has 0 fully saturated rings. The monoisotopic (exact) mass is 316 g/mol. The molecular formula is C20H16N2O2. The van der Waals surface area contributed by atoms with Gasteiger partial charge in [0, 0.05) is 12.8 Å². The van der Waals surface area contributed by atoms with Crippen molar-refractivity contribution < 1.29 is 9.47 Å². The summed E-state index contributed by atoms with van der Waals surface area (Å²) >= 11 is 0. The summed E-state index contributed by atoms with van der Waals surface area (Å²) in [6, 6.07) is 17.1. The average Bonchev–Trinajstić information content (AvgIpc) is 3.31. The van der Waals surface area contributed by atoms with E-state index in [0.29, 0.717) is 11.8 Å². The van der Waals surface area contributed by atoms with Gasteiger partial charge in [0.25, 0.3) is 11.8 Å². The van der Waals surface area contributed by atoms with Crippen molar-refractivity contribution in [2.24, 2.45) is 9.98 Å². The zero-order valence-corrected chi connectivity index (χ0v) is 13.1. The molecule has 0 radical (unpaired) electrons. The van der Waals surface area contributed by atoms with Crippen molar-refractivity contribution in [2.75, 3.05) is 0 Å². The second kappa shape index (κ2) is 4.47. The quantitative estimate of drug-likeness (QED) is 0.811. The van der Waals surface area contributed by atoms with Crippen LogP contribution in [-0.4, -0.2) is 24.0 Å². The van der Waals surface area contributed by atoms with Gasteiger partial charge < -0.3 is 9.47 Å². The summed E-state index contributed by atoms with van der Waals surface area (Å²) in [6.07, 6.45) is 2.01. The average molecular weight is 316 g/mol. The van der Waals surface area contributed by atoms with Crippen LogP contribution in [0.2, 0.25) is 0 Å². The molecule has 4 nitrogen and oxygen atoms in total. The van der Waals surface area contributed by atoms with E-state index < -0.39 is 0 Å². The van der Waals surface area contributed by atoms with Gasteiger partial charge in [-0.3, -0.25) is 0 Å². The van der Waals surface area contributed by atoms with Crippen molar-refractivity contribution in [2.45, 2.75) is 37.1 Å². The molecule has 0 N–H and O–H groups in total. The van der Waals surface area contributed by atoms with E-state index in [9.17, 15) is 0 Å². The van der Waals surface area contributed by atoms with Gasteiger partial charge in [0.1, 0.15) is 24.3 Å². The van der Waals surface area contributed by atoms with Crippen LogP contribution < -0.4 is 0 Å². The Morgan fingerprint density at radius 1 is 0.667 bits per heavy atom. The van der Waals surface area contributed by atoms with Gasteiger partial charge in [-0.25, -0.2) is 9.98 Å². The van der Waals surface area contributed by atoms with Gasteiger partial charge in [0.15, 0.2) is 0 Å². The Labute approximate surface area is 139 Å². The molecule has 0 saturated carbocycles. The number of ether oxygens (including phenoxy) is 2. The summed E-state index contributed by atoms with van der Waals surface area (Å²) in [4.78, 5) is 9.59. The molecule has 6 rings (SSSR count). The van der Waals surface area contributed by atoms with Crippen LogP contribution in [0.3, 0.4) is 0 Å². The molecule has 24 heavy (non-hydrogen) atoms. The molecule has 2 aliphatic heterocycles. The lowest BCUT2D eigenvalue weighted by molar-refractivity contribution is 0.187. The van der Waals surface area contributed by atoms with Crippen molar-refractivity contribution in [3.8, 4) is 0 Å². The van der Waals surface area contributed by atoms with Crippen LogP contribution >= 0.6 is 0 Å². The summed E-state index contributed by atoms with van der Waals surface area (Å²) in [5.74, 6) is 1.18. The molecule has 0 amide bonds. The number of hydrogen-bond donors (Lipinski definition) is 0. The van der Waals surface area contributed by atoms with E-state index in [1.165, 1.54) is 22.3 Å². The maximum absolute atomic E-state index is 6.10. The Morgan fingerprint density at radius 3 is 1.62 bits per heavy atom. The molecule has 0 bridgehead atoms. The predicted molar refractivity (Wildman–Crippen MR) is 90.4 cm³/mol. The molecule has 2 aliphatic carbocycles. The third kappa shape index (κ3) is 1.63. The second-order valence-electron chi connectivity index (χ2n) is 6.88. The molecule has 4 heteroatoms. The minimum atomic E-state index is 0.0928. The predicted octanol–water partition coefficient (Wildman–Crippen LogP) is 3.18. The van der Waals surface area contributed by atoms with Gasteiger partial charge >= 0.3 is 0 Å². The van der Waals surface area contributed by atoms with Gasteiger partial charge in [-0.1, -0.05) is 48.5 Å². The minimum Gasteiger partial charge on any atom is -0.468 e. The van der Waals surface area contributed by atoms with Crippen molar-refractivity contribution in [1.29, 1.82) is 0 Å². The minimum absolute atomic E-state index is 0.0928. The third-order valence-electron chi connectivity index (χ3n) is 5.52. The lowest BCUT2D eigenvalue weighted by atomic mass is 10.1. The van der Waals surface area contributed by atoms with E-state index in [2.05, 4.69) is 48.5 Å². The topological polar surface area (TPSA) is 43.2 Å². The Bertz CT molecular complexity index is 842. The van der Waals surface area contributed by atoms with Gasteiger partial charge in [-0.05, 0) is 22.3 Å². The normalized spacial score (nSPS) is 31.3. The first-order valence-electron chi connectivity index (χ1n) is 8.52. The molecule has 2 aromatic rings. The summed E-state index contributed by atoms with van der Waals surface area (Å²) in [7, 11) is 0. The van der Waals surface area contributed by atoms with Crippen LogP contribution in [0.4, 0.5) is 0 Å². The number of aliphatic imine (C=N–C) groups is 2. The molecule has 0 spiro atoms. The van der Waals surface area contributed by atoms with Crippen molar-refractivity contribution in [3.63, 3.8) is 0 Å². The Balaban J connectivity index is 1.34. The summed E-state index contributed by atoms with van der Waals surface area (Å²) in [6.45, 7) is 0. The lowest BCUT2D eigenvalue weighted by Gasteiger charge is -2.10. The first-order chi connectivity index (χ1) is 11.9. The van der Waals surface area contributed by atoms with E-state index in [4.69, 9.17) is 19.5 Å². The number of nitrogens with zero attached hydrogens (tertiary/aromatic N) is 2. The van der Waals surface area contributed by atoms with Crippen LogP contribution in [0.25, 0.3) is 0 Å². The van der Waals surface area contributed by atoms with Crippen LogP contribution in [0.5, 0.6) is 0 Å². The SMILES string of the molecule is c1ccc2c(c1)CC1OC(C3=NC4c5ccccc5CC4O3)=NC21. The molecule has 2 heterocycles. The first-order valence-corrected chi connectivity index (χ1v) is 8.52. The molecule has 4 atom stereocenters. The highest BCUT2D eigenvalue weighted by molar-refractivity contribution is 6.36. The molecule has 4 unspecified atom stereocenters. The van der Waals surface area contributed by atoms with E-state index in [0.717, 1.165) is 12.8 Å². The number of fused-ring (bicyclic) bond motifs is 6. The Hall–Kier alpha value is -2.62. The van der Waals surface area contributed by atoms with E-state index in [1.807, 2.05) is 0 Å². The van der Waals surface area contributed by atoms with Crippen LogP contribution in [-0.2, 0) is 22.3 Å². The Morgan fingerprint density at radius 2 is 1.12 bits per heavy atom. The number of benzene rings is 2. The third-order valence-corrected chi connectivity index (χ3v) is 5.52. The summed E-state index contributed by atoms with van der Waals surface area (Å²) in [5, 5.41) is 0. The highest BCUT2D eigenvalue weighted by Crippen LogP contribution is 2.43. The zero-order valence-electron chi connectivity index (χ0n) is 13.1. The molecule has 0 aromatic heterocycles. The lowest BCUT2D eigenvalue weighted by Crippen LogP contribution is -2.22. The van der Waals surface area contributed by atoms with Gasteiger partial charge in [0.05, 0.1) is 0 Å². The first kappa shape index (κ1) is 12.8. The van der Waals surface area contributed by atoms with Crippen molar-refractivity contribution in [1.82, 2.24) is 0 Å². The van der Waals surface area contributed by atoms with Gasteiger partial charge in [-0.2, -0.15) is 0 Å². The number of hydrogen-bond acceptors (Lipinski definition) is 4. The largest absolute Gasteiger partial charge is 0.468 e. The molecule has 118 valence electrons. The fourth-order valence-corrected chi connectivity index (χ4v) is 4.40. The molecule has 0 saturated heterocycles. The van der Waals surface area contributed by atoms with E-state index in [1.54, 1.807) is 0 Å². The maximum atomic E-state index is 6.10. The highest BCUT2D eigenvalue weighted by Gasteiger charge is 2.45. The highest BCUT2D eigenvalue weighted by atomic mass is 16.6. The smallest absolute Gasteiger partial charge is 0.274 e. The van der Waals surface area contributed by atoms with Crippen LogP contribution in [0.15, 0.2) is 58.5 Å². The fraction of sp³-hybridized carbons (Fsp3) is 0.300. The van der Waals surface area contributed by atoms with Gasteiger partial charge in [-0.15, -0.1) is 0 Å². The zero-order chi connectivity index (χ0) is 15.7. The van der Waals surface area contributed by atoms with Crippen LogP contribution in [0.1, 0.15) is 34.3 Å².